The summed E-state index contributed by atoms with van der Waals surface area (Å²) in [5, 5.41) is 10.5. The van der Waals surface area contributed by atoms with Gasteiger partial charge in [-0.05, 0) is 19.8 Å². The molecule has 3 N–H and O–H groups in total. The van der Waals surface area contributed by atoms with Crippen LogP contribution in [0.2, 0.25) is 0 Å². The Kier molecular flexibility index (Phi) is 37.7. The Labute approximate surface area is 273 Å². The minimum atomic E-state index is -1.01. The standard InChI is InChI=1S/C39H81NO.ClH/c1-4-6-8-10-12-14-16-18-20-22-24-26-28-30-32-34-36-38(39(3,40)41)37-35-33-31-29-27-25-23-21-19-17-15-13-11-9-7-5-2;/h38,41H,4-37,40H2,1-3H3;1H. The second kappa shape index (κ2) is 35.7. The minimum absolute atomic E-state index is 0. The Morgan fingerprint density at radius 1 is 0.381 bits per heavy atom. The van der Waals surface area contributed by atoms with E-state index >= 15 is 0 Å². The van der Waals surface area contributed by atoms with Gasteiger partial charge in [0.2, 0.25) is 0 Å². The van der Waals surface area contributed by atoms with Crippen molar-refractivity contribution in [2.75, 3.05) is 0 Å². The Morgan fingerprint density at radius 3 is 0.714 bits per heavy atom. The van der Waals surface area contributed by atoms with Crippen molar-refractivity contribution < 1.29 is 5.11 Å². The zero-order valence-corrected chi connectivity index (χ0v) is 30.4. The Hall–Kier alpha value is 0.210. The van der Waals surface area contributed by atoms with Crippen LogP contribution in [-0.2, 0) is 0 Å². The first kappa shape index (κ1) is 44.3. The molecule has 0 aliphatic rings. The molecule has 3 heteroatoms. The molecule has 0 rings (SSSR count). The molecule has 0 amide bonds. The molecule has 0 aromatic carbocycles. The molecule has 1 unspecified atom stereocenters. The molecule has 0 aliphatic carbocycles. The average molecular weight is 617 g/mol. The molecule has 256 valence electrons. The van der Waals surface area contributed by atoms with Gasteiger partial charge in [-0.3, -0.25) is 0 Å². The lowest BCUT2D eigenvalue weighted by atomic mass is 9.86. The van der Waals surface area contributed by atoms with E-state index in [0.29, 0.717) is 0 Å². The highest BCUT2D eigenvalue weighted by atomic mass is 35.5. The monoisotopic (exact) mass is 616 g/mol. The quantitative estimate of drug-likeness (QED) is 0.0550. The van der Waals surface area contributed by atoms with Gasteiger partial charge in [0.15, 0.2) is 0 Å². The maximum Gasteiger partial charge on any atom is 0.113 e. The van der Waals surface area contributed by atoms with Crippen molar-refractivity contribution in [3.05, 3.63) is 0 Å². The summed E-state index contributed by atoms with van der Waals surface area (Å²) in [6.45, 7) is 6.42. The first-order valence-electron chi connectivity index (χ1n) is 19.5. The Bertz CT molecular complexity index is 441. The molecule has 0 saturated carbocycles. The predicted molar refractivity (Wildman–Crippen MR) is 194 cm³/mol. The molecule has 0 bridgehead atoms. The van der Waals surface area contributed by atoms with Crippen LogP contribution in [-0.4, -0.2) is 10.8 Å². The van der Waals surface area contributed by atoms with Gasteiger partial charge >= 0.3 is 0 Å². The van der Waals surface area contributed by atoms with E-state index in [0.717, 1.165) is 12.8 Å². The number of hydrogen-bond acceptors (Lipinski definition) is 2. The summed E-state index contributed by atoms with van der Waals surface area (Å²) in [5.41, 5.74) is 5.16. The SMILES string of the molecule is CCCCCCCCCCCCCCCCCCC(CCCCCCCCCCCCCCCCCC)C(C)(N)O.Cl. The van der Waals surface area contributed by atoms with Gasteiger partial charge in [0.1, 0.15) is 5.72 Å². The van der Waals surface area contributed by atoms with Crippen molar-refractivity contribution >= 4 is 12.4 Å². The van der Waals surface area contributed by atoms with E-state index in [1.165, 1.54) is 205 Å². The van der Waals surface area contributed by atoms with Crippen LogP contribution in [0.4, 0.5) is 0 Å². The number of aliphatic hydroxyl groups is 1. The number of hydrogen-bond donors (Lipinski definition) is 2. The molecule has 0 aliphatic heterocycles. The summed E-state index contributed by atoms with van der Waals surface area (Å²) >= 11 is 0. The van der Waals surface area contributed by atoms with Gasteiger partial charge in [-0.15, -0.1) is 12.4 Å². The fourth-order valence-corrected chi connectivity index (χ4v) is 6.61. The van der Waals surface area contributed by atoms with E-state index in [9.17, 15) is 5.11 Å². The van der Waals surface area contributed by atoms with Gasteiger partial charge in [0, 0.05) is 5.92 Å². The van der Waals surface area contributed by atoms with E-state index in [4.69, 9.17) is 5.73 Å². The van der Waals surface area contributed by atoms with Crippen molar-refractivity contribution in [1.29, 1.82) is 0 Å². The number of unbranched alkanes of at least 4 members (excludes halogenated alkanes) is 30. The molecule has 0 heterocycles. The lowest BCUT2D eigenvalue weighted by Crippen LogP contribution is -2.44. The molecule has 2 nitrogen and oxygen atoms in total. The fraction of sp³-hybridized carbons (Fsp3) is 1.00. The average Bonchev–Trinajstić information content (AvgIpc) is 2.95. The van der Waals surface area contributed by atoms with Gasteiger partial charge in [-0.1, -0.05) is 219 Å². The third-order valence-electron chi connectivity index (χ3n) is 9.64. The van der Waals surface area contributed by atoms with Crippen molar-refractivity contribution in [1.82, 2.24) is 0 Å². The molecule has 0 saturated heterocycles. The highest BCUT2D eigenvalue weighted by Gasteiger charge is 2.26. The van der Waals surface area contributed by atoms with E-state index in [1.807, 2.05) is 6.92 Å². The van der Waals surface area contributed by atoms with Crippen molar-refractivity contribution in [2.24, 2.45) is 11.7 Å². The molecule has 42 heavy (non-hydrogen) atoms. The lowest BCUT2D eigenvalue weighted by Gasteiger charge is -2.29. The fourth-order valence-electron chi connectivity index (χ4n) is 6.61. The smallest absolute Gasteiger partial charge is 0.113 e. The zero-order chi connectivity index (χ0) is 30.1. The number of halogens is 1. The molecular formula is C39H82ClNO. The van der Waals surface area contributed by atoms with E-state index < -0.39 is 5.72 Å². The maximum atomic E-state index is 10.5. The largest absolute Gasteiger partial charge is 0.376 e. The van der Waals surface area contributed by atoms with Crippen molar-refractivity contribution in [2.45, 2.75) is 245 Å². The second-order valence-corrected chi connectivity index (χ2v) is 14.1. The van der Waals surface area contributed by atoms with Crippen LogP contribution in [0.1, 0.15) is 239 Å². The molecule has 0 aromatic heterocycles. The van der Waals surface area contributed by atoms with E-state index in [1.54, 1.807) is 0 Å². The molecule has 0 aromatic rings. The Morgan fingerprint density at radius 2 is 0.548 bits per heavy atom. The predicted octanol–water partition coefficient (Wildman–Crippen LogP) is 14.0. The van der Waals surface area contributed by atoms with Crippen LogP contribution in [0, 0.1) is 5.92 Å². The van der Waals surface area contributed by atoms with Crippen LogP contribution in [0.15, 0.2) is 0 Å². The molecule has 0 radical (unpaired) electrons. The van der Waals surface area contributed by atoms with Gasteiger partial charge in [0.05, 0.1) is 0 Å². The van der Waals surface area contributed by atoms with Crippen LogP contribution < -0.4 is 5.73 Å². The van der Waals surface area contributed by atoms with Gasteiger partial charge < -0.3 is 10.8 Å². The number of rotatable bonds is 35. The summed E-state index contributed by atoms with van der Waals surface area (Å²) in [6, 6.07) is 0. The number of nitrogens with two attached hydrogens (primary N) is 1. The van der Waals surface area contributed by atoms with Crippen LogP contribution >= 0.6 is 12.4 Å². The third-order valence-corrected chi connectivity index (χ3v) is 9.64. The Balaban J connectivity index is 0. The van der Waals surface area contributed by atoms with E-state index in [-0.39, 0.29) is 18.3 Å². The molecule has 1 atom stereocenters. The molecule has 0 spiro atoms. The van der Waals surface area contributed by atoms with Gasteiger partial charge in [-0.25, -0.2) is 0 Å². The van der Waals surface area contributed by atoms with Crippen LogP contribution in [0.5, 0.6) is 0 Å². The zero-order valence-electron chi connectivity index (χ0n) is 29.6. The van der Waals surface area contributed by atoms with E-state index in [2.05, 4.69) is 13.8 Å². The molecule has 0 fully saturated rings. The maximum absolute atomic E-state index is 10.5. The third kappa shape index (κ3) is 34.7. The lowest BCUT2D eigenvalue weighted by molar-refractivity contribution is -0.00458. The summed E-state index contributed by atoms with van der Waals surface area (Å²) in [5.74, 6) is 0.265. The van der Waals surface area contributed by atoms with Crippen LogP contribution in [0.25, 0.3) is 0 Å². The second-order valence-electron chi connectivity index (χ2n) is 14.1. The first-order valence-corrected chi connectivity index (χ1v) is 19.5. The summed E-state index contributed by atoms with van der Waals surface area (Å²) in [4.78, 5) is 0. The topological polar surface area (TPSA) is 46.2 Å². The summed E-state index contributed by atoms with van der Waals surface area (Å²) in [6.07, 6.45) is 47.2. The highest BCUT2D eigenvalue weighted by Crippen LogP contribution is 2.26. The normalized spacial score (nSPS) is 13.0. The highest BCUT2D eigenvalue weighted by molar-refractivity contribution is 5.85. The van der Waals surface area contributed by atoms with Gasteiger partial charge in [-0.2, -0.15) is 0 Å². The summed E-state index contributed by atoms with van der Waals surface area (Å²) in [7, 11) is 0. The van der Waals surface area contributed by atoms with Crippen molar-refractivity contribution in [3.8, 4) is 0 Å². The first-order chi connectivity index (χ1) is 20.0. The molecular weight excluding hydrogens is 534 g/mol. The van der Waals surface area contributed by atoms with Gasteiger partial charge in [0.25, 0.3) is 0 Å². The van der Waals surface area contributed by atoms with Crippen molar-refractivity contribution in [3.63, 3.8) is 0 Å². The summed E-state index contributed by atoms with van der Waals surface area (Å²) < 4.78 is 0. The van der Waals surface area contributed by atoms with Crippen LogP contribution in [0.3, 0.4) is 0 Å². The minimum Gasteiger partial charge on any atom is -0.376 e.